The van der Waals surface area contributed by atoms with Crippen molar-refractivity contribution in [2.75, 3.05) is 5.73 Å². The van der Waals surface area contributed by atoms with Crippen molar-refractivity contribution >= 4 is 11.5 Å². The summed E-state index contributed by atoms with van der Waals surface area (Å²) in [6, 6.07) is 0. The molecule has 0 saturated heterocycles. The molecule has 2 aromatic rings. The Kier molecular flexibility index (Phi) is 2.59. The molecule has 2 heterocycles. The molecule has 17 heavy (non-hydrogen) atoms. The van der Waals surface area contributed by atoms with Gasteiger partial charge in [0, 0.05) is 12.4 Å². The molecule has 1 fully saturated rings. The van der Waals surface area contributed by atoms with Crippen LogP contribution in [-0.2, 0) is 0 Å². The van der Waals surface area contributed by atoms with Crippen LogP contribution in [0.3, 0.4) is 0 Å². The van der Waals surface area contributed by atoms with Crippen molar-refractivity contribution in [2.45, 2.75) is 38.2 Å². The van der Waals surface area contributed by atoms with Crippen LogP contribution in [0.15, 0.2) is 18.6 Å². The lowest BCUT2D eigenvalue weighted by Crippen LogP contribution is -2.20. The zero-order valence-corrected chi connectivity index (χ0v) is 9.67. The average Bonchev–Trinajstić information content (AvgIpc) is 2.78. The highest BCUT2D eigenvalue weighted by molar-refractivity contribution is 5.52. The Morgan fingerprint density at radius 2 is 2.12 bits per heavy atom. The molecule has 0 atom stereocenters. The van der Waals surface area contributed by atoms with Gasteiger partial charge >= 0.3 is 0 Å². The second-order valence-corrected chi connectivity index (χ2v) is 4.51. The van der Waals surface area contributed by atoms with Crippen LogP contribution < -0.4 is 10.5 Å². The normalized spacial score (nSPS) is 17.4. The van der Waals surface area contributed by atoms with Crippen molar-refractivity contribution in [1.82, 2.24) is 14.4 Å². The maximum atomic E-state index is 5.93. The highest BCUT2D eigenvalue weighted by Gasteiger charge is 2.17. The minimum Gasteiger partial charge on any atom is -0.472 e. The first kappa shape index (κ1) is 10.4. The van der Waals surface area contributed by atoms with Crippen LogP contribution in [0.4, 0.5) is 5.82 Å². The lowest BCUT2D eigenvalue weighted by Gasteiger charge is -2.22. The number of fused-ring (bicyclic) bond motifs is 1. The van der Waals surface area contributed by atoms with Gasteiger partial charge in [-0.15, -0.1) is 0 Å². The Morgan fingerprint density at radius 1 is 1.29 bits per heavy atom. The smallest absolute Gasteiger partial charge is 0.260 e. The van der Waals surface area contributed by atoms with E-state index in [4.69, 9.17) is 10.5 Å². The summed E-state index contributed by atoms with van der Waals surface area (Å²) in [7, 11) is 0. The van der Waals surface area contributed by atoms with E-state index in [1.807, 2.05) is 10.6 Å². The van der Waals surface area contributed by atoms with Crippen LogP contribution in [-0.4, -0.2) is 20.5 Å². The summed E-state index contributed by atoms with van der Waals surface area (Å²) in [5.74, 6) is 1.02. The summed E-state index contributed by atoms with van der Waals surface area (Å²) in [6.45, 7) is 0. The third-order valence-electron chi connectivity index (χ3n) is 3.19. The van der Waals surface area contributed by atoms with Crippen LogP contribution in [0.5, 0.6) is 5.88 Å². The number of rotatable bonds is 2. The molecule has 1 aliphatic rings. The summed E-state index contributed by atoms with van der Waals surface area (Å²) >= 11 is 0. The van der Waals surface area contributed by atoms with E-state index in [9.17, 15) is 0 Å². The highest BCUT2D eigenvalue weighted by atomic mass is 16.5. The van der Waals surface area contributed by atoms with E-state index < -0.39 is 0 Å². The van der Waals surface area contributed by atoms with Crippen molar-refractivity contribution in [1.29, 1.82) is 0 Å². The Balaban J connectivity index is 1.90. The monoisotopic (exact) mass is 232 g/mol. The van der Waals surface area contributed by atoms with Gasteiger partial charge in [0.05, 0.1) is 6.20 Å². The van der Waals surface area contributed by atoms with Crippen LogP contribution >= 0.6 is 0 Å². The van der Waals surface area contributed by atoms with Gasteiger partial charge in [-0.05, 0) is 25.7 Å². The number of nitrogens with zero attached hydrogens (tertiary/aromatic N) is 3. The summed E-state index contributed by atoms with van der Waals surface area (Å²) in [4.78, 5) is 8.49. The first-order valence-corrected chi connectivity index (χ1v) is 6.09. The van der Waals surface area contributed by atoms with Crippen molar-refractivity contribution in [2.24, 2.45) is 0 Å². The summed E-state index contributed by atoms with van der Waals surface area (Å²) in [5.41, 5.74) is 6.49. The van der Waals surface area contributed by atoms with Gasteiger partial charge in [0.15, 0.2) is 0 Å². The third kappa shape index (κ3) is 2.05. The van der Waals surface area contributed by atoms with Crippen molar-refractivity contribution in [3.63, 3.8) is 0 Å². The molecule has 0 aliphatic heterocycles. The number of anilines is 1. The standard InChI is InChI=1S/C12H16N4O/c13-10-8-16-7-6-14-11(16)12(15-10)17-9-4-2-1-3-5-9/h6-9H,1-5,13H2. The first-order valence-electron chi connectivity index (χ1n) is 6.09. The number of ether oxygens (including phenoxy) is 1. The largest absolute Gasteiger partial charge is 0.472 e. The lowest BCUT2D eigenvalue weighted by atomic mass is 9.98. The van der Waals surface area contributed by atoms with E-state index in [1.54, 1.807) is 12.4 Å². The minimum atomic E-state index is 0.263. The quantitative estimate of drug-likeness (QED) is 0.860. The zero-order chi connectivity index (χ0) is 11.7. The van der Waals surface area contributed by atoms with Crippen molar-refractivity contribution in [3.05, 3.63) is 18.6 Å². The van der Waals surface area contributed by atoms with Crippen LogP contribution in [0.2, 0.25) is 0 Å². The average molecular weight is 232 g/mol. The molecule has 1 saturated carbocycles. The summed E-state index contributed by atoms with van der Waals surface area (Å²) in [5, 5.41) is 0. The van der Waals surface area contributed by atoms with E-state index >= 15 is 0 Å². The Bertz CT molecular complexity index is 516. The van der Waals surface area contributed by atoms with Gasteiger partial charge < -0.3 is 10.5 Å². The molecular formula is C12H16N4O. The molecule has 0 radical (unpaired) electrons. The molecule has 0 spiro atoms. The fraction of sp³-hybridized carbons (Fsp3) is 0.500. The molecule has 3 rings (SSSR count). The number of nitrogen functional groups attached to an aromatic ring is 1. The van der Waals surface area contributed by atoms with Gasteiger partial charge in [-0.1, -0.05) is 6.42 Å². The number of nitrogens with two attached hydrogens (primary N) is 1. The molecule has 5 nitrogen and oxygen atoms in total. The second kappa shape index (κ2) is 4.24. The lowest BCUT2D eigenvalue weighted by molar-refractivity contribution is 0.150. The SMILES string of the molecule is Nc1cn2ccnc2c(OC2CCCCC2)n1. The molecule has 2 aromatic heterocycles. The molecule has 90 valence electrons. The topological polar surface area (TPSA) is 65.4 Å². The van der Waals surface area contributed by atoms with Crippen LogP contribution in [0, 0.1) is 0 Å². The molecule has 2 N–H and O–H groups in total. The van der Waals surface area contributed by atoms with Gasteiger partial charge in [-0.25, -0.2) is 4.98 Å². The minimum absolute atomic E-state index is 0.263. The van der Waals surface area contributed by atoms with E-state index in [2.05, 4.69) is 9.97 Å². The fourth-order valence-electron chi connectivity index (χ4n) is 2.34. The Labute approximate surface area is 99.6 Å². The van der Waals surface area contributed by atoms with Gasteiger partial charge in [-0.2, -0.15) is 4.98 Å². The van der Waals surface area contributed by atoms with Gasteiger partial charge in [0.25, 0.3) is 5.88 Å². The van der Waals surface area contributed by atoms with Gasteiger partial charge in [-0.3, -0.25) is 4.40 Å². The van der Waals surface area contributed by atoms with E-state index in [-0.39, 0.29) is 6.10 Å². The summed E-state index contributed by atoms with van der Waals surface area (Å²) in [6.07, 6.45) is 11.6. The zero-order valence-electron chi connectivity index (χ0n) is 9.67. The second-order valence-electron chi connectivity index (χ2n) is 4.51. The molecule has 0 aromatic carbocycles. The molecule has 0 bridgehead atoms. The highest BCUT2D eigenvalue weighted by Crippen LogP contribution is 2.25. The maximum Gasteiger partial charge on any atom is 0.260 e. The molecule has 5 heteroatoms. The third-order valence-corrected chi connectivity index (χ3v) is 3.19. The fourth-order valence-corrected chi connectivity index (χ4v) is 2.34. The van der Waals surface area contributed by atoms with Crippen molar-refractivity contribution in [3.8, 4) is 5.88 Å². The van der Waals surface area contributed by atoms with E-state index in [0.29, 0.717) is 11.7 Å². The number of aromatic nitrogens is 3. The molecule has 0 amide bonds. The van der Waals surface area contributed by atoms with Crippen molar-refractivity contribution < 1.29 is 4.74 Å². The Hall–Kier alpha value is -1.78. The predicted octanol–water partition coefficient (Wildman–Crippen LogP) is 2.02. The molecule has 1 aliphatic carbocycles. The molecular weight excluding hydrogens is 216 g/mol. The number of imidazole rings is 1. The van der Waals surface area contributed by atoms with E-state index in [0.717, 1.165) is 18.5 Å². The summed E-state index contributed by atoms with van der Waals surface area (Å²) < 4.78 is 7.78. The van der Waals surface area contributed by atoms with Gasteiger partial charge in [0.2, 0.25) is 5.65 Å². The Morgan fingerprint density at radius 3 is 2.94 bits per heavy atom. The number of hydrogen-bond acceptors (Lipinski definition) is 4. The predicted molar refractivity (Wildman–Crippen MR) is 64.9 cm³/mol. The van der Waals surface area contributed by atoms with Gasteiger partial charge in [0.1, 0.15) is 11.9 Å². The first-order chi connectivity index (χ1) is 8.33. The molecule has 0 unspecified atom stereocenters. The number of hydrogen-bond donors (Lipinski definition) is 1. The maximum absolute atomic E-state index is 5.93. The van der Waals surface area contributed by atoms with Crippen LogP contribution in [0.1, 0.15) is 32.1 Å². The van der Waals surface area contributed by atoms with E-state index in [1.165, 1.54) is 19.3 Å². The van der Waals surface area contributed by atoms with Crippen LogP contribution in [0.25, 0.3) is 5.65 Å².